The number of aryl methyl sites for hydroxylation is 1. The Morgan fingerprint density at radius 3 is 2.47 bits per heavy atom. The van der Waals surface area contributed by atoms with Gasteiger partial charge in [-0.1, -0.05) is 0 Å². The fourth-order valence-electron chi connectivity index (χ4n) is 1.85. The fraction of sp³-hybridized carbons (Fsp3) is 0.417. The smallest absolute Gasteiger partial charge is 0.161 e. The van der Waals surface area contributed by atoms with Gasteiger partial charge in [-0.15, -0.1) is 0 Å². The van der Waals surface area contributed by atoms with Crippen molar-refractivity contribution in [3.63, 3.8) is 0 Å². The maximum absolute atomic E-state index is 13.2. The Bertz CT molecular complexity index is 567. The van der Waals surface area contributed by atoms with Crippen molar-refractivity contribution in [1.82, 2.24) is 9.55 Å². The van der Waals surface area contributed by atoms with E-state index < -0.39 is 17.2 Å². The van der Waals surface area contributed by atoms with E-state index in [9.17, 15) is 8.78 Å². The molecule has 0 radical (unpaired) electrons. The van der Waals surface area contributed by atoms with Gasteiger partial charge in [0.15, 0.2) is 11.6 Å². The van der Waals surface area contributed by atoms with Gasteiger partial charge >= 0.3 is 0 Å². The number of hydrogen-bond donors (Lipinski definition) is 1. The first-order chi connectivity index (χ1) is 7.78. The van der Waals surface area contributed by atoms with Gasteiger partial charge in [-0.05, 0) is 20.8 Å². The van der Waals surface area contributed by atoms with Crippen LogP contribution in [0.15, 0.2) is 12.1 Å². The van der Waals surface area contributed by atoms with E-state index in [0.29, 0.717) is 23.4 Å². The van der Waals surface area contributed by atoms with Crippen molar-refractivity contribution < 1.29 is 8.78 Å². The number of nitrogens with two attached hydrogens (primary N) is 1. The summed E-state index contributed by atoms with van der Waals surface area (Å²) in [5.41, 5.74) is 6.52. The highest BCUT2D eigenvalue weighted by Gasteiger charge is 2.17. The molecule has 0 amide bonds. The summed E-state index contributed by atoms with van der Waals surface area (Å²) in [6, 6.07) is 2.27. The maximum atomic E-state index is 13.2. The van der Waals surface area contributed by atoms with E-state index in [1.165, 1.54) is 0 Å². The Hall–Kier alpha value is -1.49. The third-order valence-electron chi connectivity index (χ3n) is 2.55. The van der Waals surface area contributed by atoms with Crippen molar-refractivity contribution in [2.45, 2.75) is 32.9 Å². The van der Waals surface area contributed by atoms with Gasteiger partial charge in [0.1, 0.15) is 5.82 Å². The molecule has 5 heteroatoms. The zero-order chi connectivity index (χ0) is 12.8. The summed E-state index contributed by atoms with van der Waals surface area (Å²) in [4.78, 5) is 4.20. The van der Waals surface area contributed by atoms with Gasteiger partial charge in [0.2, 0.25) is 0 Å². The Balaban J connectivity index is 2.63. The minimum absolute atomic E-state index is 0.441. The van der Waals surface area contributed by atoms with Gasteiger partial charge in [0.25, 0.3) is 0 Å². The predicted molar refractivity (Wildman–Crippen MR) is 62.7 cm³/mol. The molecular formula is C12H15F2N3. The van der Waals surface area contributed by atoms with E-state index in [-0.39, 0.29) is 0 Å². The molecule has 0 fully saturated rings. The third kappa shape index (κ3) is 2.29. The van der Waals surface area contributed by atoms with Crippen LogP contribution in [0.5, 0.6) is 0 Å². The topological polar surface area (TPSA) is 43.8 Å². The van der Waals surface area contributed by atoms with E-state index in [4.69, 9.17) is 5.73 Å². The van der Waals surface area contributed by atoms with Gasteiger partial charge in [-0.2, -0.15) is 0 Å². The summed E-state index contributed by atoms with van der Waals surface area (Å²) in [5.74, 6) is -1.05. The van der Waals surface area contributed by atoms with Gasteiger partial charge < -0.3 is 10.3 Å². The zero-order valence-corrected chi connectivity index (χ0v) is 10.1. The SMILES string of the molecule is Cc1nc2cc(F)c(F)cc2n1CC(C)(C)N. The van der Waals surface area contributed by atoms with E-state index >= 15 is 0 Å². The summed E-state index contributed by atoms with van der Waals surface area (Å²) in [6.07, 6.45) is 0. The lowest BCUT2D eigenvalue weighted by molar-refractivity contribution is 0.434. The number of nitrogens with zero attached hydrogens (tertiary/aromatic N) is 2. The zero-order valence-electron chi connectivity index (χ0n) is 10.1. The Kier molecular flexibility index (Phi) is 2.66. The lowest BCUT2D eigenvalue weighted by Gasteiger charge is -2.20. The van der Waals surface area contributed by atoms with Crippen LogP contribution < -0.4 is 5.73 Å². The second-order valence-electron chi connectivity index (χ2n) is 4.99. The molecule has 2 aromatic rings. The standard InChI is InChI=1S/C12H15F2N3/c1-7-16-10-4-8(13)9(14)5-11(10)17(7)6-12(2,3)15/h4-5H,6,15H2,1-3H3. The summed E-state index contributed by atoms with van der Waals surface area (Å²) in [7, 11) is 0. The van der Waals surface area contributed by atoms with E-state index in [1.54, 1.807) is 11.5 Å². The van der Waals surface area contributed by atoms with Crippen LogP contribution >= 0.6 is 0 Å². The van der Waals surface area contributed by atoms with Crippen molar-refractivity contribution in [3.05, 3.63) is 29.6 Å². The molecule has 3 nitrogen and oxygen atoms in total. The van der Waals surface area contributed by atoms with Crippen LogP contribution in [0.1, 0.15) is 19.7 Å². The molecule has 2 rings (SSSR count). The molecule has 1 heterocycles. The lowest BCUT2D eigenvalue weighted by atomic mass is 10.1. The monoisotopic (exact) mass is 239 g/mol. The average Bonchev–Trinajstić information content (AvgIpc) is 2.43. The van der Waals surface area contributed by atoms with Crippen molar-refractivity contribution in [2.75, 3.05) is 0 Å². The highest BCUT2D eigenvalue weighted by atomic mass is 19.2. The molecule has 1 aromatic carbocycles. The Labute approximate surface area is 98.2 Å². The number of rotatable bonds is 2. The molecule has 0 atom stereocenters. The fourth-order valence-corrected chi connectivity index (χ4v) is 1.85. The second-order valence-corrected chi connectivity index (χ2v) is 4.99. The van der Waals surface area contributed by atoms with Crippen molar-refractivity contribution >= 4 is 11.0 Å². The molecule has 92 valence electrons. The quantitative estimate of drug-likeness (QED) is 0.874. The number of hydrogen-bond acceptors (Lipinski definition) is 2. The number of fused-ring (bicyclic) bond motifs is 1. The highest BCUT2D eigenvalue weighted by molar-refractivity contribution is 5.76. The minimum atomic E-state index is -0.880. The minimum Gasteiger partial charge on any atom is -0.326 e. The van der Waals surface area contributed by atoms with Gasteiger partial charge in [-0.3, -0.25) is 0 Å². The maximum Gasteiger partial charge on any atom is 0.161 e. The van der Waals surface area contributed by atoms with Crippen molar-refractivity contribution in [2.24, 2.45) is 5.73 Å². The molecule has 2 N–H and O–H groups in total. The molecule has 0 aliphatic carbocycles. The highest BCUT2D eigenvalue weighted by Crippen LogP contribution is 2.21. The number of aromatic nitrogens is 2. The van der Waals surface area contributed by atoms with Gasteiger partial charge in [-0.25, -0.2) is 13.8 Å². The molecule has 0 spiro atoms. The summed E-state index contributed by atoms with van der Waals surface area (Å²) >= 11 is 0. The molecular weight excluding hydrogens is 224 g/mol. The molecule has 0 aliphatic rings. The second kappa shape index (κ2) is 3.77. The van der Waals surface area contributed by atoms with Crippen LogP contribution in [0, 0.1) is 18.6 Å². The number of benzene rings is 1. The van der Waals surface area contributed by atoms with E-state index in [2.05, 4.69) is 4.98 Å². The third-order valence-corrected chi connectivity index (χ3v) is 2.55. The predicted octanol–water partition coefficient (Wildman–Crippen LogP) is 2.36. The van der Waals surface area contributed by atoms with Gasteiger partial charge in [0, 0.05) is 24.2 Å². The Morgan fingerprint density at radius 1 is 1.29 bits per heavy atom. The molecule has 0 saturated carbocycles. The van der Waals surface area contributed by atoms with E-state index in [1.807, 2.05) is 13.8 Å². The first-order valence-electron chi connectivity index (χ1n) is 5.39. The number of halogens is 2. The van der Waals surface area contributed by atoms with Crippen LogP contribution in [-0.2, 0) is 6.54 Å². The average molecular weight is 239 g/mol. The molecule has 0 unspecified atom stereocenters. The van der Waals surface area contributed by atoms with Crippen LogP contribution in [0.3, 0.4) is 0 Å². The van der Waals surface area contributed by atoms with Gasteiger partial charge in [0.05, 0.1) is 11.0 Å². The molecule has 1 aromatic heterocycles. The summed E-state index contributed by atoms with van der Waals surface area (Å²) in [6.45, 7) is 6.04. The van der Waals surface area contributed by atoms with Crippen molar-refractivity contribution in [3.8, 4) is 0 Å². The molecule has 0 saturated heterocycles. The Morgan fingerprint density at radius 2 is 1.88 bits per heavy atom. The molecule has 17 heavy (non-hydrogen) atoms. The summed E-state index contributed by atoms with van der Waals surface area (Å²) in [5, 5.41) is 0. The van der Waals surface area contributed by atoms with Crippen LogP contribution in [-0.4, -0.2) is 15.1 Å². The molecule has 0 bridgehead atoms. The first kappa shape index (κ1) is 12.0. The summed E-state index contributed by atoms with van der Waals surface area (Å²) < 4.78 is 28.1. The lowest BCUT2D eigenvalue weighted by Crippen LogP contribution is -2.37. The van der Waals surface area contributed by atoms with Crippen LogP contribution in [0.25, 0.3) is 11.0 Å². The first-order valence-corrected chi connectivity index (χ1v) is 5.39. The van der Waals surface area contributed by atoms with Crippen molar-refractivity contribution in [1.29, 1.82) is 0 Å². The number of imidazole rings is 1. The van der Waals surface area contributed by atoms with Crippen LogP contribution in [0.4, 0.5) is 8.78 Å². The molecule has 0 aliphatic heterocycles. The normalized spacial score (nSPS) is 12.4. The van der Waals surface area contributed by atoms with Crippen LogP contribution in [0.2, 0.25) is 0 Å². The van der Waals surface area contributed by atoms with E-state index in [0.717, 1.165) is 12.1 Å². The largest absolute Gasteiger partial charge is 0.326 e.